The van der Waals surface area contributed by atoms with Gasteiger partial charge in [0.1, 0.15) is 73.2 Å². The summed E-state index contributed by atoms with van der Waals surface area (Å²) >= 11 is 0. The van der Waals surface area contributed by atoms with Crippen molar-refractivity contribution < 1.29 is 89.4 Å². The molecule has 0 bridgehead atoms. The molecule has 0 aliphatic carbocycles. The number of rotatable bonds is 63. The number of carbonyl (C=O) groups is 1. The normalized spacial score (nSPS) is 27.1. The molecule has 0 aromatic heterocycles. The first-order chi connectivity index (χ1) is 46.8. The van der Waals surface area contributed by atoms with Gasteiger partial charge in [0.2, 0.25) is 5.91 Å². The molecule has 3 rings (SSSR count). The summed E-state index contributed by atoms with van der Waals surface area (Å²) in [5, 5.41) is 121. The summed E-state index contributed by atoms with van der Waals surface area (Å²) in [5.41, 5.74) is 0. The third-order valence-corrected chi connectivity index (χ3v) is 20.0. The first-order valence-electron chi connectivity index (χ1n) is 39.6. The van der Waals surface area contributed by atoms with Gasteiger partial charge in [-0.05, 0) is 44.9 Å². The number of hydrogen-bond acceptors (Lipinski definition) is 18. The molecular weight excluding hydrogens is 1230 g/mol. The second kappa shape index (κ2) is 58.7. The Morgan fingerprint density at radius 3 is 1.06 bits per heavy atom. The van der Waals surface area contributed by atoms with Gasteiger partial charge in [-0.1, -0.05) is 301 Å². The Hall–Kier alpha value is -1.73. The predicted molar refractivity (Wildman–Crippen MR) is 379 cm³/mol. The first kappa shape index (κ1) is 88.5. The van der Waals surface area contributed by atoms with Gasteiger partial charge in [-0.2, -0.15) is 0 Å². The topological polar surface area (TPSA) is 307 Å². The van der Waals surface area contributed by atoms with Crippen LogP contribution >= 0.6 is 0 Å². The standard InChI is InChI=1S/C77H145NO18/c1-3-5-7-9-11-13-15-17-19-21-23-24-25-26-27-28-29-30-31-32-33-34-35-36-37-39-41-43-45-47-49-51-53-55-65(83)78-60(61(82)54-52-50-48-46-44-42-40-38-22-20-18-16-14-12-10-8-6-4-2)59-91-75-71(89)68(86)73(63(57-80)93-75)96-77-72(90)69(87)74(64(58-81)94-77)95-76-70(88)67(85)66(84)62(56-79)92-76/h15,17,21,23,60-64,66-77,79-82,84-90H,3-14,16,18-20,22,24-59H2,1-2H3,(H,78,83)/b17-15-,23-21-. The van der Waals surface area contributed by atoms with Gasteiger partial charge in [0.05, 0.1) is 38.6 Å². The zero-order valence-electron chi connectivity index (χ0n) is 60.4. The third-order valence-electron chi connectivity index (χ3n) is 20.0. The number of ether oxygens (including phenoxy) is 6. The number of aliphatic hydroxyl groups is 11. The van der Waals surface area contributed by atoms with Crippen LogP contribution in [0.15, 0.2) is 24.3 Å². The number of allylic oxidation sites excluding steroid dienone is 4. The van der Waals surface area contributed by atoms with Crippen molar-refractivity contribution in [1.82, 2.24) is 5.32 Å². The number of hydrogen-bond donors (Lipinski definition) is 12. The molecular formula is C77H145NO18. The van der Waals surface area contributed by atoms with Crippen molar-refractivity contribution in [3.8, 4) is 0 Å². The molecule has 17 unspecified atom stereocenters. The van der Waals surface area contributed by atoms with E-state index in [4.69, 9.17) is 28.4 Å². The Morgan fingerprint density at radius 2 is 0.688 bits per heavy atom. The van der Waals surface area contributed by atoms with Crippen LogP contribution < -0.4 is 5.32 Å². The maximum atomic E-state index is 13.5. The SMILES string of the molecule is CCCCCCC/C=C\C/C=C\CCCCCCCCCCCCCCCCCCCCCCCC(=O)NC(COC1OC(CO)C(OC2OC(CO)C(OC3OC(CO)C(O)C(O)C3O)C(O)C2O)C(O)C1O)C(O)CCCCCCCCCCCCCCCCCCCC. The molecule has 0 aromatic rings. The third kappa shape index (κ3) is 39.1. The highest BCUT2D eigenvalue weighted by Gasteiger charge is 2.54. The molecule has 0 saturated carbocycles. The van der Waals surface area contributed by atoms with Gasteiger partial charge in [-0.3, -0.25) is 4.79 Å². The van der Waals surface area contributed by atoms with E-state index in [1.807, 2.05) is 0 Å². The van der Waals surface area contributed by atoms with Gasteiger partial charge in [0.15, 0.2) is 18.9 Å². The quantitative estimate of drug-likeness (QED) is 0.0199. The largest absolute Gasteiger partial charge is 0.394 e. The van der Waals surface area contributed by atoms with E-state index in [2.05, 4.69) is 43.5 Å². The van der Waals surface area contributed by atoms with Gasteiger partial charge >= 0.3 is 0 Å². The van der Waals surface area contributed by atoms with Crippen molar-refractivity contribution in [1.29, 1.82) is 0 Å². The summed E-state index contributed by atoms with van der Waals surface area (Å²) in [7, 11) is 0. The van der Waals surface area contributed by atoms with E-state index in [9.17, 15) is 61.0 Å². The maximum absolute atomic E-state index is 13.5. The fraction of sp³-hybridized carbons (Fsp3) is 0.935. The van der Waals surface area contributed by atoms with E-state index in [1.54, 1.807) is 0 Å². The summed E-state index contributed by atoms with van der Waals surface area (Å²) in [5.74, 6) is -0.236. The Bertz CT molecular complexity index is 1830. The molecule has 3 aliphatic rings. The molecule has 3 saturated heterocycles. The van der Waals surface area contributed by atoms with Crippen molar-refractivity contribution in [2.45, 2.75) is 433 Å². The highest BCUT2D eigenvalue weighted by Crippen LogP contribution is 2.33. The van der Waals surface area contributed by atoms with Gasteiger partial charge in [-0.15, -0.1) is 0 Å². The molecule has 3 heterocycles. The highest BCUT2D eigenvalue weighted by atomic mass is 16.8. The maximum Gasteiger partial charge on any atom is 0.220 e. The van der Waals surface area contributed by atoms with Crippen molar-refractivity contribution >= 4 is 5.91 Å². The summed E-state index contributed by atoms with van der Waals surface area (Å²) in [6.07, 6.45) is 42.7. The number of amides is 1. The molecule has 3 aliphatic heterocycles. The zero-order valence-corrected chi connectivity index (χ0v) is 60.4. The van der Waals surface area contributed by atoms with Crippen molar-refractivity contribution in [3.05, 3.63) is 24.3 Å². The van der Waals surface area contributed by atoms with E-state index in [0.717, 1.165) is 51.4 Å². The van der Waals surface area contributed by atoms with Crippen LogP contribution in [0, 0.1) is 0 Å². The lowest BCUT2D eigenvalue weighted by Crippen LogP contribution is -2.66. The van der Waals surface area contributed by atoms with Crippen molar-refractivity contribution in [2.75, 3.05) is 26.4 Å². The van der Waals surface area contributed by atoms with Crippen LogP contribution in [-0.2, 0) is 33.2 Å². The molecule has 1 amide bonds. The Labute approximate surface area is 581 Å². The lowest BCUT2D eigenvalue weighted by atomic mass is 9.96. The minimum Gasteiger partial charge on any atom is -0.394 e. The van der Waals surface area contributed by atoms with Crippen LogP contribution in [0.5, 0.6) is 0 Å². The number of unbranched alkanes of at least 4 members (excludes halogenated alkanes) is 43. The average Bonchev–Trinajstić information content (AvgIpc) is 0.787. The molecule has 19 nitrogen and oxygen atoms in total. The average molecular weight is 1370 g/mol. The zero-order chi connectivity index (χ0) is 69.6. The lowest BCUT2D eigenvalue weighted by molar-refractivity contribution is -0.379. The molecule has 17 atom stereocenters. The van der Waals surface area contributed by atoms with Crippen molar-refractivity contribution in [2.24, 2.45) is 0 Å². The summed E-state index contributed by atoms with van der Waals surface area (Å²) in [6, 6.07) is -0.885. The minimum atomic E-state index is -1.97. The van der Waals surface area contributed by atoms with E-state index in [1.165, 1.54) is 244 Å². The van der Waals surface area contributed by atoms with E-state index < -0.39 is 124 Å². The van der Waals surface area contributed by atoms with Gasteiger partial charge in [0, 0.05) is 6.42 Å². The summed E-state index contributed by atoms with van der Waals surface area (Å²) in [6.45, 7) is 1.84. The number of aliphatic hydroxyl groups excluding tert-OH is 11. The van der Waals surface area contributed by atoms with Gasteiger partial charge < -0.3 is 89.9 Å². The molecule has 0 spiro atoms. The fourth-order valence-electron chi connectivity index (χ4n) is 13.6. The van der Waals surface area contributed by atoms with Gasteiger partial charge in [0.25, 0.3) is 0 Å². The second-order valence-electron chi connectivity index (χ2n) is 28.5. The van der Waals surface area contributed by atoms with Crippen LogP contribution in [-0.4, -0.2) is 193 Å². The van der Waals surface area contributed by atoms with E-state index in [-0.39, 0.29) is 18.9 Å². The molecule has 0 radical (unpaired) electrons. The monoisotopic (exact) mass is 1370 g/mol. The van der Waals surface area contributed by atoms with Crippen LogP contribution in [0.1, 0.15) is 328 Å². The van der Waals surface area contributed by atoms with Crippen LogP contribution in [0.2, 0.25) is 0 Å². The smallest absolute Gasteiger partial charge is 0.220 e. The molecule has 566 valence electrons. The molecule has 3 fully saturated rings. The minimum absolute atomic E-state index is 0.236. The molecule has 19 heteroatoms. The van der Waals surface area contributed by atoms with E-state index in [0.29, 0.717) is 12.8 Å². The Kier molecular flexibility index (Phi) is 54.1. The summed E-state index contributed by atoms with van der Waals surface area (Å²) in [4.78, 5) is 13.5. The fourth-order valence-corrected chi connectivity index (χ4v) is 13.6. The van der Waals surface area contributed by atoms with E-state index >= 15 is 0 Å². The molecule has 96 heavy (non-hydrogen) atoms. The number of carbonyl (C=O) groups excluding carboxylic acids is 1. The van der Waals surface area contributed by atoms with Crippen LogP contribution in [0.3, 0.4) is 0 Å². The Morgan fingerprint density at radius 1 is 0.375 bits per heavy atom. The lowest BCUT2D eigenvalue weighted by Gasteiger charge is -2.48. The van der Waals surface area contributed by atoms with Gasteiger partial charge in [-0.25, -0.2) is 0 Å². The van der Waals surface area contributed by atoms with Crippen molar-refractivity contribution in [3.63, 3.8) is 0 Å². The second-order valence-corrected chi connectivity index (χ2v) is 28.5. The number of nitrogens with one attached hydrogen (secondary N) is 1. The predicted octanol–water partition coefficient (Wildman–Crippen LogP) is 12.6. The highest BCUT2D eigenvalue weighted by molar-refractivity contribution is 5.76. The molecule has 12 N–H and O–H groups in total. The van der Waals surface area contributed by atoms with Crippen LogP contribution in [0.4, 0.5) is 0 Å². The Balaban J connectivity index is 1.34. The van der Waals surface area contributed by atoms with Crippen LogP contribution in [0.25, 0.3) is 0 Å². The summed E-state index contributed by atoms with van der Waals surface area (Å²) < 4.78 is 34.5. The first-order valence-corrected chi connectivity index (χ1v) is 39.6. The molecule has 0 aromatic carbocycles.